The molecule has 61 heteroatoms. The Morgan fingerprint density at radius 2 is 0.676 bits per heavy atom. The standard InChI is InChI=1S/C7H18O22P6.C6H18O24P6.I2.V/c1-30(8,9)23-2-3(24-31(10,11)12)4(25-32(13,14)15)5(26-33(16,17)18)7-6(2)27-34(19,20)29-35(21,22)28-7;7-31(8,9)25-1-2(26-32(10,11)12)4(28-34(16,17)18)6(30-36(22,23)24)5(29-35(19,20)21)3(1)27-33(13,14)15;1-2;/h2-9H,1H3,(H7-,10,11,12,13,14,15,16,17,18,19,20,21,22);1-6H,(H2,7,8,9)(H2,10,11,12)(H2,13,14,15)(H2,16,17,18)(H2,19,20,21)(H2,22,23,24);;/p-4. The molecule has 17 N–H and O–H groups in total. The molecule has 46 nitrogen and oxygen atoms in total. The first-order valence-electron chi connectivity index (χ1n) is 16.3. The topological polar surface area (TPSA) is 767 Å². The third kappa shape index (κ3) is 30.4. The van der Waals surface area contributed by atoms with Crippen LogP contribution in [0, 0.1) is 0 Å². The maximum absolute atomic E-state index is 12.1. The van der Waals surface area contributed by atoms with Crippen LogP contribution in [0.15, 0.2) is 0 Å². The first kappa shape index (κ1) is 77.6. The van der Waals surface area contributed by atoms with Gasteiger partial charge < -0.3 is 121 Å². The van der Waals surface area contributed by atoms with E-state index in [1.165, 1.54) is 0 Å². The molecule has 0 aromatic rings. The molecule has 1 aliphatic heterocycles. The van der Waals surface area contributed by atoms with Gasteiger partial charge in [0.25, 0.3) is 23.5 Å². The molecule has 0 bridgehead atoms. The van der Waals surface area contributed by atoms with Crippen LogP contribution in [-0.2, 0) is 127 Å². The number of phosphoric ester groups is 11. The average molecular weight is 1600 g/mol. The molecule has 2 saturated carbocycles. The van der Waals surface area contributed by atoms with Gasteiger partial charge >= 0.3 is 62.7 Å². The summed E-state index contributed by atoms with van der Waals surface area (Å²) in [5.74, 6) is 0. The third-order valence-corrected chi connectivity index (χ3v) is 15.1. The predicted molar refractivity (Wildman–Crippen MR) is 222 cm³/mol. The maximum Gasteiger partial charge on any atom is 0.479 e. The van der Waals surface area contributed by atoms with Crippen molar-refractivity contribution in [2.45, 2.75) is 73.2 Å². The van der Waals surface area contributed by atoms with Gasteiger partial charge in [0.05, 0.1) is 7.82 Å². The second-order valence-corrected chi connectivity index (χ2v) is 28.3. The summed E-state index contributed by atoms with van der Waals surface area (Å²) in [4.78, 5) is 214. The van der Waals surface area contributed by atoms with Crippen molar-refractivity contribution in [3.63, 3.8) is 0 Å². The quantitative estimate of drug-likeness (QED) is 0.0398. The Morgan fingerprint density at radius 3 is 0.932 bits per heavy atom. The Kier molecular flexibility index (Phi) is 29.6. The summed E-state index contributed by atoms with van der Waals surface area (Å²) in [5.41, 5.74) is 0. The van der Waals surface area contributed by atoms with Crippen LogP contribution in [0.3, 0.4) is 0 Å². The number of phosphoric acid groups is 11. The van der Waals surface area contributed by atoms with Gasteiger partial charge in [-0.2, -0.15) is 14.3 Å². The van der Waals surface area contributed by atoms with E-state index >= 15 is 0 Å². The molecule has 2 aliphatic carbocycles. The Balaban J connectivity index is 0.00000138. The summed E-state index contributed by atoms with van der Waals surface area (Å²) in [7, 11) is -71.4. The monoisotopic (exact) mass is 1600 g/mol. The Bertz CT molecular complexity index is 2180. The smallest absolute Gasteiger partial charge is 0.479 e. The van der Waals surface area contributed by atoms with Crippen molar-refractivity contribution in [3.8, 4) is 0 Å². The summed E-state index contributed by atoms with van der Waals surface area (Å²) in [6.45, 7) is 0.530. The van der Waals surface area contributed by atoms with Crippen LogP contribution < -0.4 is 24.5 Å². The van der Waals surface area contributed by atoms with Crippen LogP contribution in [0.2, 0.25) is 0 Å². The van der Waals surface area contributed by atoms with Gasteiger partial charge in [0.15, 0.2) is 6.10 Å². The van der Waals surface area contributed by atoms with Gasteiger partial charge in [-0.15, -0.1) is 0 Å². The molecule has 0 amide bonds. The molecular weight excluding hydrogens is 1570 g/mol. The molecule has 74 heavy (non-hydrogen) atoms. The summed E-state index contributed by atoms with van der Waals surface area (Å²) < 4.78 is 180. The Hall–Kier alpha value is 3.60. The van der Waals surface area contributed by atoms with E-state index in [1.807, 2.05) is 0 Å². The van der Waals surface area contributed by atoms with Crippen molar-refractivity contribution >= 4 is 131 Å². The molecule has 3 fully saturated rings. The van der Waals surface area contributed by atoms with Crippen LogP contribution in [0.5, 0.6) is 0 Å². The number of rotatable bonds is 20. The van der Waals surface area contributed by atoms with E-state index in [-0.39, 0.29) is 18.6 Å². The normalized spacial score (nSPS) is 34.4. The number of hydrogen-bond acceptors (Lipinski definition) is 31. The second kappa shape index (κ2) is 28.2. The Morgan fingerprint density at radius 1 is 0.446 bits per heavy atom. The third-order valence-electron chi connectivity index (χ3n) is 7.23. The largest absolute Gasteiger partial charge is 0.790 e. The fourth-order valence-electron chi connectivity index (χ4n) is 5.79. The molecule has 3 aliphatic rings. The molecule has 0 aromatic carbocycles. The molecular formula is C13H32I2O46P12V-4. The molecule has 1 radical (unpaired) electrons. The minimum Gasteiger partial charge on any atom is -0.790 e. The van der Waals surface area contributed by atoms with Gasteiger partial charge in [0.2, 0.25) is 0 Å². The van der Waals surface area contributed by atoms with E-state index in [0.717, 1.165) is 0 Å². The molecule has 3 rings (SSSR count). The SMILES string of the molecule is C[P+](O)(O)OC1C(OP(=O)(O)O)C(OP(=O)(O)O)C(OP(=O)([O-])O)C2OP(=O)([O-])OP(=O)(O)OC21.II.O=P([O-])([O-])OC1C(OP(=O)([O-])O)C(OP(=O)(O)O)C(OP(=O)(O)O)C(OP(=O)(O)O)C1OP(=O)(O)O.[V]. The predicted octanol–water partition coefficient (Wildman–Crippen LogP) is -6.33. The first-order valence-corrected chi connectivity index (χ1v) is 41.2. The van der Waals surface area contributed by atoms with Gasteiger partial charge in [-0.1, -0.05) is 0 Å². The van der Waals surface area contributed by atoms with Gasteiger partial charge in [0, 0.05) is 55.8 Å². The molecule has 16 unspecified atom stereocenters. The van der Waals surface area contributed by atoms with Crippen LogP contribution in [0.25, 0.3) is 0 Å². The zero-order valence-corrected chi connectivity index (χ0v) is 50.4. The van der Waals surface area contributed by atoms with Gasteiger partial charge in [0.1, 0.15) is 73.8 Å². The summed E-state index contributed by atoms with van der Waals surface area (Å²) in [6.07, 6.45) is -36.2. The van der Waals surface area contributed by atoms with Crippen molar-refractivity contribution in [1.82, 2.24) is 0 Å². The molecule has 16 atom stereocenters. The van der Waals surface area contributed by atoms with Crippen LogP contribution in [-0.4, -0.2) is 163 Å². The summed E-state index contributed by atoms with van der Waals surface area (Å²) in [6, 6.07) is 0. The van der Waals surface area contributed by atoms with Crippen LogP contribution in [0.1, 0.15) is 0 Å². The molecule has 1 saturated heterocycles. The van der Waals surface area contributed by atoms with E-state index in [0.29, 0.717) is 6.66 Å². The van der Waals surface area contributed by atoms with Crippen molar-refractivity contribution in [1.29, 1.82) is 0 Å². The fourth-order valence-corrected chi connectivity index (χ4v) is 13.9. The number of halogens is 2. The minimum absolute atomic E-state index is 0. The van der Waals surface area contributed by atoms with Crippen molar-refractivity contribution < 1.29 is 235 Å². The molecule has 1 heterocycles. The van der Waals surface area contributed by atoms with Gasteiger partial charge in [-0.25, -0.2) is 36.3 Å². The van der Waals surface area contributed by atoms with Crippen molar-refractivity contribution in [2.75, 3.05) is 6.66 Å². The zero-order valence-electron chi connectivity index (χ0n) is 33.9. The van der Waals surface area contributed by atoms with E-state index < -0.39 is 167 Å². The Labute approximate surface area is 443 Å². The molecule has 0 spiro atoms. The zero-order chi connectivity index (χ0) is 58.1. The van der Waals surface area contributed by atoms with Crippen molar-refractivity contribution in [3.05, 3.63) is 0 Å². The summed E-state index contributed by atoms with van der Waals surface area (Å²) >= 11 is 4.24. The average Bonchev–Trinajstić information content (AvgIpc) is 3.16. The van der Waals surface area contributed by atoms with E-state index in [1.54, 1.807) is 0 Å². The summed E-state index contributed by atoms with van der Waals surface area (Å²) in [5, 5.41) is 0. The van der Waals surface area contributed by atoms with Gasteiger partial charge in [-0.3, -0.25) is 45.4 Å². The first-order chi connectivity index (χ1) is 31.8. The number of fused-ring (bicyclic) bond motifs is 1. The fraction of sp³-hybridized carbons (Fsp3) is 1.00. The van der Waals surface area contributed by atoms with Crippen LogP contribution >= 0.6 is 131 Å². The van der Waals surface area contributed by atoms with Crippen LogP contribution in [0.4, 0.5) is 0 Å². The second-order valence-electron chi connectivity index (χ2n) is 13.0. The molecule has 443 valence electrons. The van der Waals surface area contributed by atoms with Gasteiger partial charge in [-0.05, 0) is 0 Å². The van der Waals surface area contributed by atoms with E-state index in [4.69, 9.17) is 53.5 Å². The van der Waals surface area contributed by atoms with E-state index in [2.05, 4.69) is 91.3 Å². The maximum atomic E-state index is 12.1. The van der Waals surface area contributed by atoms with E-state index in [9.17, 15) is 109 Å². The van der Waals surface area contributed by atoms with Crippen molar-refractivity contribution in [2.24, 2.45) is 0 Å². The molecule has 0 aromatic heterocycles. The number of hydrogen-bond donors (Lipinski definition) is 17. The minimum atomic E-state index is -6.54.